The number of aliphatic hydroxyl groups excluding tert-OH is 1. The molecule has 4 aliphatic rings. The summed E-state index contributed by atoms with van der Waals surface area (Å²) < 4.78 is 74.9. The number of ketones is 1. The zero-order valence-electron chi connectivity index (χ0n) is 28.4. The van der Waals surface area contributed by atoms with Crippen molar-refractivity contribution in [2.45, 2.75) is 44.9 Å². The van der Waals surface area contributed by atoms with E-state index in [2.05, 4.69) is 4.58 Å². The zero-order chi connectivity index (χ0) is 38.1. The van der Waals surface area contributed by atoms with Crippen molar-refractivity contribution in [1.29, 1.82) is 0 Å². The van der Waals surface area contributed by atoms with Gasteiger partial charge in [-0.3, -0.25) is 23.5 Å². The second-order valence-electron chi connectivity index (χ2n) is 12.8. The molecule has 3 aliphatic heterocycles. The van der Waals surface area contributed by atoms with Crippen LogP contribution >= 0.6 is 0 Å². The van der Waals surface area contributed by atoms with Crippen LogP contribution in [0.4, 0.5) is 5.69 Å². The molecule has 2 aromatic rings. The number of hydrogen-bond acceptors (Lipinski definition) is 12. The second-order valence-corrected chi connectivity index (χ2v) is 15.3. The molecule has 1 fully saturated rings. The summed E-state index contributed by atoms with van der Waals surface area (Å²) in [6.07, 6.45) is 2.75. The standard InChI is InChI=1S/C33H37N5O13S2/c39-25-9-10-26(40)38(25)51-27(41)11-18-50-33-23-4-2-15-37-14-1-3-21(30(23)37)19-24(33)29-31(42)28(32(29)43)20-5-7-22(8-6-20)36(16-12-34-52(44,45)46)17-13-35-53(47,48)49/h5-8,19,34-35H,1-4,9-18H2,(H2-,42,43,44,45,46,47,48,49)/p+1. The normalized spacial score (nSPS) is 18.3. The van der Waals surface area contributed by atoms with Crippen molar-refractivity contribution in [3.63, 3.8) is 0 Å². The lowest BCUT2D eigenvalue weighted by atomic mass is 9.81. The number of amides is 2. The highest BCUT2D eigenvalue weighted by atomic mass is 32.2. The minimum Gasteiger partial charge on any atom is -0.506 e. The Bertz CT molecular complexity index is 2200. The quantitative estimate of drug-likeness (QED) is 0.0805. The molecule has 3 heterocycles. The summed E-state index contributed by atoms with van der Waals surface area (Å²) in [6, 6.07) is 8.12. The number of carbonyl (C=O) groups excluding carboxylic acids is 4. The Morgan fingerprint density at radius 3 is 2.06 bits per heavy atom. The number of hydroxylamine groups is 2. The average molecular weight is 777 g/mol. The molecule has 20 heteroatoms. The number of benzene rings is 2. The third kappa shape index (κ3) is 8.58. The number of imide groups is 1. The van der Waals surface area contributed by atoms with Crippen LogP contribution in [0.25, 0.3) is 11.1 Å². The molecular formula is C33H38N5O13S2+. The van der Waals surface area contributed by atoms with E-state index in [-0.39, 0.29) is 69.0 Å². The van der Waals surface area contributed by atoms with Gasteiger partial charge in [-0.1, -0.05) is 12.1 Å². The fraction of sp³-hybridized carbons (Fsp3) is 0.424. The van der Waals surface area contributed by atoms with Gasteiger partial charge in [-0.05, 0) is 36.6 Å². The van der Waals surface area contributed by atoms with E-state index in [1.54, 1.807) is 29.2 Å². The molecule has 0 radical (unpaired) electrons. The van der Waals surface area contributed by atoms with Crippen molar-refractivity contribution in [3.05, 3.63) is 63.4 Å². The molecular weight excluding hydrogens is 739 g/mol. The first-order valence-electron chi connectivity index (χ1n) is 16.9. The monoisotopic (exact) mass is 776 g/mol. The van der Waals surface area contributed by atoms with E-state index in [4.69, 9.17) is 18.7 Å². The fourth-order valence-electron chi connectivity index (χ4n) is 6.97. The molecule has 6 rings (SSSR count). The number of aryl methyl sites for hydroxylation is 1. The zero-order valence-corrected chi connectivity index (χ0v) is 30.0. The van der Waals surface area contributed by atoms with Crippen LogP contribution in [0.1, 0.15) is 48.8 Å². The predicted octanol–water partition coefficient (Wildman–Crippen LogP) is -1.26. The first-order chi connectivity index (χ1) is 25.1. The Balaban J connectivity index is 1.29. The highest BCUT2D eigenvalue weighted by Crippen LogP contribution is 2.38. The van der Waals surface area contributed by atoms with Gasteiger partial charge in [-0.15, -0.1) is 5.06 Å². The molecule has 2 aromatic carbocycles. The number of carbonyl (C=O) groups is 4. The summed E-state index contributed by atoms with van der Waals surface area (Å²) in [5.74, 6) is -2.40. The number of Topliss-reactive ketones (excluding diaryl/α,β-unsaturated/α-hetero) is 1. The maximum atomic E-state index is 13.8. The fourth-order valence-corrected chi connectivity index (χ4v) is 7.67. The average Bonchev–Trinajstić information content (AvgIpc) is 3.40. The van der Waals surface area contributed by atoms with Gasteiger partial charge in [0, 0.05) is 68.3 Å². The molecule has 0 bridgehead atoms. The first-order valence-corrected chi connectivity index (χ1v) is 19.8. The van der Waals surface area contributed by atoms with E-state index in [9.17, 15) is 41.1 Å². The maximum Gasteiger partial charge on any atom is 0.336 e. The van der Waals surface area contributed by atoms with Gasteiger partial charge in [0.15, 0.2) is 0 Å². The molecule has 0 aromatic heterocycles. The molecule has 0 spiro atoms. The van der Waals surface area contributed by atoms with Crippen molar-refractivity contribution in [3.8, 4) is 5.75 Å². The second kappa shape index (κ2) is 15.3. The Hall–Kier alpha value is -4.73. The van der Waals surface area contributed by atoms with E-state index in [0.29, 0.717) is 33.7 Å². The molecule has 0 saturated carbocycles. The van der Waals surface area contributed by atoms with E-state index >= 15 is 0 Å². The van der Waals surface area contributed by atoms with Crippen molar-refractivity contribution >= 4 is 61.0 Å². The van der Waals surface area contributed by atoms with Crippen LogP contribution in [0.3, 0.4) is 0 Å². The van der Waals surface area contributed by atoms with Gasteiger partial charge >= 0.3 is 26.6 Å². The number of hydrogen-bond donors (Lipinski definition) is 5. The lowest BCUT2D eigenvalue weighted by molar-refractivity contribution is -0.197. The molecule has 0 unspecified atom stereocenters. The first kappa shape index (κ1) is 38.0. The van der Waals surface area contributed by atoms with Gasteiger partial charge in [-0.25, -0.2) is 9.37 Å². The van der Waals surface area contributed by atoms with Gasteiger partial charge in [0.05, 0.1) is 29.7 Å². The molecule has 0 atom stereocenters. The van der Waals surface area contributed by atoms with Crippen molar-refractivity contribution in [1.82, 2.24) is 19.1 Å². The molecule has 284 valence electrons. The Labute approximate surface area is 304 Å². The molecule has 18 nitrogen and oxygen atoms in total. The van der Waals surface area contributed by atoms with E-state index in [1.807, 2.05) is 15.5 Å². The lowest BCUT2D eigenvalue weighted by Crippen LogP contribution is -2.45. The summed E-state index contributed by atoms with van der Waals surface area (Å²) in [5, 5.41) is 13.3. The SMILES string of the molecule is O=C(CCOc1c2c3c(c/c1=C1\C(=O)C(c4ccc(N(CCNS(=O)(=O)O)CCNS(=O)(=O)O)cc4)=C1O)CCC[N+]=3CCC2)ON1C(=O)CCC1=O. The van der Waals surface area contributed by atoms with Crippen molar-refractivity contribution in [2.75, 3.05) is 50.8 Å². The minimum atomic E-state index is -4.49. The van der Waals surface area contributed by atoms with Gasteiger partial charge in [0.1, 0.15) is 24.6 Å². The number of allylic oxidation sites excluding steroid dienone is 2. The third-order valence-corrected chi connectivity index (χ3v) is 10.4. The number of rotatable bonds is 15. The summed E-state index contributed by atoms with van der Waals surface area (Å²) in [4.78, 5) is 56.7. The third-order valence-electron chi connectivity index (χ3n) is 9.27. The Morgan fingerprint density at radius 1 is 0.868 bits per heavy atom. The molecule has 2 amide bonds. The van der Waals surface area contributed by atoms with Crippen LogP contribution in [-0.2, 0) is 57.5 Å². The molecule has 5 N–H and O–H groups in total. The largest absolute Gasteiger partial charge is 0.506 e. The summed E-state index contributed by atoms with van der Waals surface area (Å²) in [7, 11) is -8.98. The number of ether oxygens (including phenoxy) is 1. The highest BCUT2D eigenvalue weighted by molar-refractivity contribution is 7.84. The van der Waals surface area contributed by atoms with Gasteiger partial charge in [-0.2, -0.15) is 26.3 Å². The van der Waals surface area contributed by atoms with Crippen LogP contribution < -0.4 is 34.2 Å². The summed E-state index contributed by atoms with van der Waals surface area (Å²) in [6.45, 7) is 1.03. The molecule has 1 aliphatic carbocycles. The van der Waals surface area contributed by atoms with Crippen LogP contribution in [-0.4, -0.2) is 106 Å². The number of aliphatic hydroxyl groups is 1. The topological polar surface area (TPSA) is 249 Å². The van der Waals surface area contributed by atoms with Crippen molar-refractivity contribution < 1.29 is 59.8 Å². The van der Waals surface area contributed by atoms with Crippen LogP contribution in [0.15, 0.2) is 36.1 Å². The van der Waals surface area contributed by atoms with Gasteiger partial charge in [0.25, 0.3) is 11.8 Å². The van der Waals surface area contributed by atoms with Crippen LogP contribution in [0.2, 0.25) is 0 Å². The highest BCUT2D eigenvalue weighted by Gasteiger charge is 2.38. The van der Waals surface area contributed by atoms with E-state index < -0.39 is 44.2 Å². The van der Waals surface area contributed by atoms with Crippen LogP contribution in [0, 0.1) is 0 Å². The lowest BCUT2D eigenvalue weighted by Gasteiger charge is -2.27. The summed E-state index contributed by atoms with van der Waals surface area (Å²) in [5.41, 5.74) is 2.81. The molecule has 1 saturated heterocycles. The predicted molar refractivity (Wildman–Crippen MR) is 186 cm³/mol. The summed E-state index contributed by atoms with van der Waals surface area (Å²) >= 11 is 0. The van der Waals surface area contributed by atoms with E-state index in [1.165, 1.54) is 0 Å². The molecule has 53 heavy (non-hydrogen) atoms. The maximum absolute atomic E-state index is 13.8. The number of nitrogens with zero attached hydrogens (tertiary/aromatic N) is 3. The van der Waals surface area contributed by atoms with E-state index in [0.717, 1.165) is 48.8 Å². The van der Waals surface area contributed by atoms with Crippen LogP contribution in [0.5, 0.6) is 5.75 Å². The van der Waals surface area contributed by atoms with Gasteiger partial charge < -0.3 is 19.6 Å². The van der Waals surface area contributed by atoms with Crippen molar-refractivity contribution in [2.24, 2.45) is 0 Å². The minimum absolute atomic E-state index is 0.00973. The number of nitrogens with one attached hydrogen (secondary N) is 2. The Morgan fingerprint density at radius 2 is 1.47 bits per heavy atom. The Kier molecular flexibility index (Phi) is 11.0. The smallest absolute Gasteiger partial charge is 0.336 e. The van der Waals surface area contributed by atoms with Gasteiger partial charge in [0.2, 0.25) is 11.1 Å². The number of anilines is 1.